The van der Waals surface area contributed by atoms with Gasteiger partial charge in [-0.3, -0.25) is 4.31 Å². The van der Waals surface area contributed by atoms with Gasteiger partial charge in [0, 0.05) is 12.1 Å². The van der Waals surface area contributed by atoms with Crippen LogP contribution in [0.15, 0.2) is 71.6 Å². The van der Waals surface area contributed by atoms with Crippen LogP contribution in [0.5, 0.6) is 11.5 Å². The van der Waals surface area contributed by atoms with Crippen LogP contribution in [0.25, 0.3) is 0 Å². The summed E-state index contributed by atoms with van der Waals surface area (Å²) < 4.78 is 80.0. The van der Waals surface area contributed by atoms with Gasteiger partial charge in [0.05, 0.1) is 28.3 Å². The van der Waals surface area contributed by atoms with Crippen molar-refractivity contribution in [2.45, 2.75) is 44.5 Å². The Hall–Kier alpha value is -3.73. The fourth-order valence-electron chi connectivity index (χ4n) is 3.58. The minimum atomic E-state index is -4.69. The molecule has 1 N–H and O–H groups in total. The molecule has 0 bridgehead atoms. The van der Waals surface area contributed by atoms with E-state index in [0.29, 0.717) is 17.9 Å². The Morgan fingerprint density at radius 3 is 2.24 bits per heavy atom. The summed E-state index contributed by atoms with van der Waals surface area (Å²) in [6, 6.07) is 13.4. The van der Waals surface area contributed by atoms with Crippen molar-refractivity contribution in [3.05, 3.63) is 83.4 Å². The van der Waals surface area contributed by atoms with E-state index in [2.05, 4.69) is 0 Å². The van der Waals surface area contributed by atoms with E-state index in [1.807, 2.05) is 0 Å². The monoisotopic (exact) mass is 537 g/mol. The molecular weight excluding hydrogens is 511 g/mol. The van der Waals surface area contributed by atoms with E-state index in [4.69, 9.17) is 14.6 Å². The topological polar surface area (TPSA) is 93.1 Å². The standard InChI is InChI=1S/C26H26F3NO6S/c1-4-35-21-6-5-7-22(15-21)37(33,34)30(17(2)3)23-13-12-20(26(27,28)29)14-24(23)36-16-18-8-10-19(11-9-18)25(31)32/h5-15,17H,4,16H2,1-3H3,(H,31,32). The van der Waals surface area contributed by atoms with Crippen molar-refractivity contribution in [3.63, 3.8) is 0 Å². The van der Waals surface area contributed by atoms with Crippen LogP contribution in [-0.4, -0.2) is 32.1 Å². The van der Waals surface area contributed by atoms with Gasteiger partial charge in [0.2, 0.25) is 0 Å². The summed E-state index contributed by atoms with van der Waals surface area (Å²) in [5, 5.41) is 9.05. The highest BCUT2D eigenvalue weighted by atomic mass is 32.2. The molecular formula is C26H26F3NO6S. The number of carbonyl (C=O) groups is 1. The van der Waals surface area contributed by atoms with Crippen molar-refractivity contribution in [1.82, 2.24) is 0 Å². The lowest BCUT2D eigenvalue weighted by Crippen LogP contribution is -2.37. The number of halogens is 3. The second-order valence-electron chi connectivity index (χ2n) is 8.27. The zero-order valence-electron chi connectivity index (χ0n) is 20.3. The van der Waals surface area contributed by atoms with E-state index in [9.17, 15) is 26.4 Å². The highest BCUT2D eigenvalue weighted by molar-refractivity contribution is 7.92. The van der Waals surface area contributed by atoms with Crippen LogP contribution >= 0.6 is 0 Å². The number of nitrogens with zero attached hydrogens (tertiary/aromatic N) is 1. The number of anilines is 1. The lowest BCUT2D eigenvalue weighted by atomic mass is 10.1. The van der Waals surface area contributed by atoms with E-state index in [-0.39, 0.29) is 28.5 Å². The Kier molecular flexibility index (Phi) is 8.37. The molecule has 0 aromatic heterocycles. The summed E-state index contributed by atoms with van der Waals surface area (Å²) in [6.45, 7) is 5.04. The smallest absolute Gasteiger partial charge is 0.416 e. The maximum atomic E-state index is 13.7. The largest absolute Gasteiger partial charge is 0.494 e. The molecule has 198 valence electrons. The van der Waals surface area contributed by atoms with Gasteiger partial charge in [-0.05, 0) is 68.8 Å². The fourth-order valence-corrected chi connectivity index (χ4v) is 5.29. The number of hydrogen-bond acceptors (Lipinski definition) is 5. The highest BCUT2D eigenvalue weighted by Crippen LogP contribution is 2.40. The van der Waals surface area contributed by atoms with E-state index in [0.717, 1.165) is 22.5 Å². The molecule has 0 saturated carbocycles. The number of sulfonamides is 1. The van der Waals surface area contributed by atoms with Gasteiger partial charge in [0.15, 0.2) is 0 Å². The predicted molar refractivity (Wildman–Crippen MR) is 132 cm³/mol. The van der Waals surface area contributed by atoms with Crippen LogP contribution in [0.1, 0.15) is 42.3 Å². The zero-order valence-corrected chi connectivity index (χ0v) is 21.1. The molecule has 0 unspecified atom stereocenters. The maximum absolute atomic E-state index is 13.7. The number of alkyl halides is 3. The molecule has 11 heteroatoms. The molecule has 7 nitrogen and oxygen atoms in total. The Balaban J connectivity index is 2.06. The molecule has 0 saturated heterocycles. The summed E-state index contributed by atoms with van der Waals surface area (Å²) in [7, 11) is -4.24. The number of rotatable bonds is 10. The summed E-state index contributed by atoms with van der Waals surface area (Å²) >= 11 is 0. The van der Waals surface area contributed by atoms with Crippen LogP contribution < -0.4 is 13.8 Å². The van der Waals surface area contributed by atoms with Gasteiger partial charge in [-0.1, -0.05) is 18.2 Å². The number of aromatic carboxylic acids is 1. The third-order valence-corrected chi connectivity index (χ3v) is 7.25. The van der Waals surface area contributed by atoms with Gasteiger partial charge in [0.1, 0.15) is 18.1 Å². The fraction of sp³-hybridized carbons (Fsp3) is 0.269. The number of ether oxygens (including phenoxy) is 2. The molecule has 37 heavy (non-hydrogen) atoms. The van der Waals surface area contributed by atoms with Gasteiger partial charge >= 0.3 is 12.1 Å². The molecule has 0 heterocycles. The minimum Gasteiger partial charge on any atom is -0.494 e. The average Bonchev–Trinajstić information content (AvgIpc) is 2.83. The normalized spacial score (nSPS) is 11.9. The van der Waals surface area contributed by atoms with Crippen molar-refractivity contribution in [1.29, 1.82) is 0 Å². The first kappa shape index (κ1) is 27.9. The summed E-state index contributed by atoms with van der Waals surface area (Å²) in [6.07, 6.45) is -4.69. The van der Waals surface area contributed by atoms with Crippen LogP contribution in [-0.2, 0) is 22.8 Å². The molecule has 0 aliphatic carbocycles. The molecule has 0 fully saturated rings. The highest BCUT2D eigenvalue weighted by Gasteiger charge is 2.35. The predicted octanol–water partition coefficient (Wildman–Crippen LogP) is 5.99. The summed E-state index contributed by atoms with van der Waals surface area (Å²) in [5.74, 6) is -1.09. The SMILES string of the molecule is CCOc1cccc(S(=O)(=O)N(c2ccc(C(F)(F)F)cc2OCc2ccc(C(=O)O)cc2)C(C)C)c1. The first-order valence-electron chi connectivity index (χ1n) is 11.3. The Morgan fingerprint density at radius 2 is 1.68 bits per heavy atom. The lowest BCUT2D eigenvalue weighted by molar-refractivity contribution is -0.137. The molecule has 0 aliphatic rings. The second-order valence-corrected chi connectivity index (χ2v) is 10.1. The van der Waals surface area contributed by atoms with E-state index >= 15 is 0 Å². The third kappa shape index (κ3) is 6.53. The van der Waals surface area contributed by atoms with E-state index < -0.39 is 33.8 Å². The molecule has 0 radical (unpaired) electrons. The first-order chi connectivity index (χ1) is 17.3. The Bertz CT molecular complexity index is 1360. The quantitative estimate of drug-likeness (QED) is 0.342. The van der Waals surface area contributed by atoms with Crippen molar-refractivity contribution in [2.75, 3.05) is 10.9 Å². The Morgan fingerprint density at radius 1 is 1.00 bits per heavy atom. The van der Waals surface area contributed by atoms with Gasteiger partial charge in [-0.15, -0.1) is 0 Å². The van der Waals surface area contributed by atoms with E-state index in [1.54, 1.807) is 26.8 Å². The lowest BCUT2D eigenvalue weighted by Gasteiger charge is -2.30. The molecule has 0 amide bonds. The van der Waals surface area contributed by atoms with Gasteiger partial charge in [-0.25, -0.2) is 13.2 Å². The van der Waals surface area contributed by atoms with Gasteiger partial charge in [-0.2, -0.15) is 13.2 Å². The molecule has 0 aliphatic heterocycles. The zero-order chi connectivity index (χ0) is 27.4. The number of hydrogen-bond donors (Lipinski definition) is 1. The van der Waals surface area contributed by atoms with Gasteiger partial charge in [0.25, 0.3) is 10.0 Å². The van der Waals surface area contributed by atoms with Crippen molar-refractivity contribution < 1.29 is 41.0 Å². The van der Waals surface area contributed by atoms with Crippen LogP contribution in [0.3, 0.4) is 0 Å². The molecule has 3 aromatic carbocycles. The summed E-state index contributed by atoms with van der Waals surface area (Å²) in [5.41, 5.74) is -0.564. The molecule has 3 rings (SSSR count). The number of benzene rings is 3. The van der Waals surface area contributed by atoms with Crippen molar-refractivity contribution in [3.8, 4) is 11.5 Å². The van der Waals surface area contributed by atoms with Crippen LogP contribution in [0, 0.1) is 0 Å². The maximum Gasteiger partial charge on any atom is 0.416 e. The van der Waals surface area contributed by atoms with E-state index in [1.165, 1.54) is 42.5 Å². The first-order valence-corrected chi connectivity index (χ1v) is 12.7. The van der Waals surface area contributed by atoms with Crippen LogP contribution in [0.2, 0.25) is 0 Å². The number of carboxylic acids is 1. The molecule has 3 aromatic rings. The summed E-state index contributed by atoms with van der Waals surface area (Å²) in [4.78, 5) is 11.0. The second kappa shape index (κ2) is 11.1. The number of carboxylic acid groups (broad SMARTS) is 1. The molecule has 0 atom stereocenters. The van der Waals surface area contributed by atoms with Crippen molar-refractivity contribution >= 4 is 21.7 Å². The van der Waals surface area contributed by atoms with Crippen LogP contribution in [0.4, 0.5) is 18.9 Å². The third-order valence-electron chi connectivity index (χ3n) is 5.26. The average molecular weight is 538 g/mol. The van der Waals surface area contributed by atoms with Crippen molar-refractivity contribution in [2.24, 2.45) is 0 Å². The Labute approximate surface area is 213 Å². The van der Waals surface area contributed by atoms with Gasteiger partial charge < -0.3 is 14.6 Å². The molecule has 0 spiro atoms. The minimum absolute atomic E-state index is 0.0369.